The fraction of sp³-hybridized carbons (Fsp3) is 0.483. The van der Waals surface area contributed by atoms with Gasteiger partial charge in [0.25, 0.3) is 0 Å². The Morgan fingerprint density at radius 1 is 0.912 bits per heavy atom. The second-order valence-electron chi connectivity index (χ2n) is 9.01. The van der Waals surface area contributed by atoms with E-state index in [4.69, 9.17) is 14.9 Å². The number of fused-ring (bicyclic) bond motifs is 1. The van der Waals surface area contributed by atoms with Gasteiger partial charge < -0.3 is 19.8 Å². The molecule has 0 amide bonds. The van der Waals surface area contributed by atoms with E-state index in [1.165, 1.54) is 38.8 Å². The minimum absolute atomic E-state index is 0.0400. The van der Waals surface area contributed by atoms with Crippen molar-refractivity contribution in [2.75, 3.05) is 32.0 Å². The highest BCUT2D eigenvalue weighted by molar-refractivity contribution is 6.17. The zero-order valence-electron chi connectivity index (χ0n) is 21.1. The first-order chi connectivity index (χ1) is 16.6. The van der Waals surface area contributed by atoms with Crippen LogP contribution in [0.15, 0.2) is 46.9 Å². The van der Waals surface area contributed by atoms with E-state index in [0.717, 1.165) is 36.3 Å². The van der Waals surface area contributed by atoms with Crippen LogP contribution in [0, 0.1) is 0 Å². The topological polar surface area (TPSA) is 68.7 Å². The molecule has 184 valence electrons. The molecule has 2 aromatic carbocycles. The van der Waals surface area contributed by atoms with Crippen molar-refractivity contribution in [1.82, 2.24) is 4.90 Å². The normalized spacial score (nSPS) is 11.4. The molecular formula is C29H40N2O3. The van der Waals surface area contributed by atoms with Gasteiger partial charge in [0.1, 0.15) is 17.1 Å². The Bertz CT molecular complexity index is 1030. The number of hydrogen-bond donors (Lipinski definition) is 1. The summed E-state index contributed by atoms with van der Waals surface area (Å²) in [6.45, 7) is 10.6. The number of carbonyl (C=O) groups is 1. The van der Waals surface area contributed by atoms with Crippen molar-refractivity contribution < 1.29 is 13.9 Å². The number of hydrogen-bond acceptors (Lipinski definition) is 5. The molecule has 0 aliphatic heterocycles. The fourth-order valence-corrected chi connectivity index (χ4v) is 4.24. The first-order valence-corrected chi connectivity index (χ1v) is 12.9. The van der Waals surface area contributed by atoms with Gasteiger partial charge in [0.2, 0.25) is 0 Å². The SMILES string of the molecule is CCCCN(CCCC)CCCOc1ccc(C(=O)c2c(CCC)oc3ccc(N)cc23)cc1. The van der Waals surface area contributed by atoms with Crippen LogP contribution in [0.5, 0.6) is 5.75 Å². The third kappa shape index (κ3) is 6.86. The first-order valence-electron chi connectivity index (χ1n) is 12.9. The Morgan fingerprint density at radius 3 is 2.24 bits per heavy atom. The number of ether oxygens (including phenoxy) is 1. The number of aryl methyl sites for hydroxylation is 1. The molecule has 1 heterocycles. The highest BCUT2D eigenvalue weighted by Crippen LogP contribution is 2.31. The molecule has 0 unspecified atom stereocenters. The molecule has 34 heavy (non-hydrogen) atoms. The molecule has 0 bridgehead atoms. The molecule has 5 nitrogen and oxygen atoms in total. The zero-order valence-corrected chi connectivity index (χ0v) is 21.1. The minimum atomic E-state index is -0.0400. The van der Waals surface area contributed by atoms with Gasteiger partial charge in [0.05, 0.1) is 12.2 Å². The predicted molar refractivity (Wildman–Crippen MR) is 141 cm³/mol. The molecule has 0 saturated heterocycles. The number of furan rings is 1. The number of rotatable bonds is 15. The average Bonchev–Trinajstić information content (AvgIpc) is 3.20. The summed E-state index contributed by atoms with van der Waals surface area (Å²) in [5.74, 6) is 1.48. The van der Waals surface area contributed by atoms with Gasteiger partial charge in [-0.05, 0) is 81.2 Å². The monoisotopic (exact) mass is 464 g/mol. The van der Waals surface area contributed by atoms with Gasteiger partial charge in [0.15, 0.2) is 5.78 Å². The maximum atomic E-state index is 13.4. The lowest BCUT2D eigenvalue weighted by molar-refractivity contribution is 0.103. The fourth-order valence-electron chi connectivity index (χ4n) is 4.24. The van der Waals surface area contributed by atoms with E-state index < -0.39 is 0 Å². The highest BCUT2D eigenvalue weighted by Gasteiger charge is 2.22. The van der Waals surface area contributed by atoms with Crippen LogP contribution in [0.1, 0.15) is 81.0 Å². The van der Waals surface area contributed by atoms with Gasteiger partial charge >= 0.3 is 0 Å². The van der Waals surface area contributed by atoms with Crippen molar-refractivity contribution in [2.45, 2.75) is 65.7 Å². The largest absolute Gasteiger partial charge is 0.494 e. The summed E-state index contributed by atoms with van der Waals surface area (Å²) < 4.78 is 12.0. The van der Waals surface area contributed by atoms with Gasteiger partial charge in [-0.15, -0.1) is 0 Å². The number of nitrogens with two attached hydrogens (primary N) is 1. The number of benzene rings is 2. The van der Waals surface area contributed by atoms with Gasteiger partial charge in [0, 0.05) is 29.6 Å². The molecule has 0 fully saturated rings. The Balaban J connectivity index is 1.62. The van der Waals surface area contributed by atoms with Crippen LogP contribution in [-0.2, 0) is 6.42 Å². The van der Waals surface area contributed by atoms with Crippen LogP contribution in [0.25, 0.3) is 11.0 Å². The molecule has 0 spiro atoms. The van der Waals surface area contributed by atoms with E-state index in [9.17, 15) is 4.79 Å². The molecule has 0 aliphatic carbocycles. The van der Waals surface area contributed by atoms with Crippen molar-refractivity contribution in [2.24, 2.45) is 0 Å². The summed E-state index contributed by atoms with van der Waals surface area (Å²) in [5.41, 5.74) is 8.56. The quantitative estimate of drug-likeness (QED) is 0.151. The van der Waals surface area contributed by atoms with Crippen molar-refractivity contribution in [3.8, 4) is 5.75 Å². The summed E-state index contributed by atoms with van der Waals surface area (Å²) in [5, 5.41) is 0.782. The van der Waals surface area contributed by atoms with E-state index in [2.05, 4.69) is 25.7 Å². The summed E-state index contributed by atoms with van der Waals surface area (Å²) in [6, 6.07) is 12.9. The highest BCUT2D eigenvalue weighted by atomic mass is 16.5. The summed E-state index contributed by atoms with van der Waals surface area (Å²) in [6.07, 6.45) is 7.56. The second kappa shape index (κ2) is 13.2. The van der Waals surface area contributed by atoms with E-state index in [1.54, 1.807) is 6.07 Å². The second-order valence-corrected chi connectivity index (χ2v) is 9.01. The summed E-state index contributed by atoms with van der Waals surface area (Å²) >= 11 is 0. The molecular weight excluding hydrogens is 424 g/mol. The summed E-state index contributed by atoms with van der Waals surface area (Å²) in [7, 11) is 0. The minimum Gasteiger partial charge on any atom is -0.494 e. The van der Waals surface area contributed by atoms with Crippen molar-refractivity contribution in [3.05, 3.63) is 59.4 Å². The molecule has 0 aliphatic rings. The van der Waals surface area contributed by atoms with E-state index >= 15 is 0 Å². The van der Waals surface area contributed by atoms with Gasteiger partial charge in [-0.1, -0.05) is 33.6 Å². The van der Waals surface area contributed by atoms with Crippen molar-refractivity contribution >= 4 is 22.4 Å². The molecule has 1 aromatic heterocycles. The molecule has 3 rings (SSSR count). The maximum absolute atomic E-state index is 13.4. The van der Waals surface area contributed by atoms with E-state index in [-0.39, 0.29) is 5.78 Å². The number of nitrogen functional groups attached to an aromatic ring is 1. The lowest BCUT2D eigenvalue weighted by Crippen LogP contribution is -2.28. The van der Waals surface area contributed by atoms with Crippen LogP contribution in [0.3, 0.4) is 0 Å². The van der Waals surface area contributed by atoms with Crippen LogP contribution >= 0.6 is 0 Å². The number of ketones is 1. The van der Waals surface area contributed by atoms with Crippen molar-refractivity contribution in [1.29, 1.82) is 0 Å². The van der Waals surface area contributed by atoms with Crippen molar-refractivity contribution in [3.63, 3.8) is 0 Å². The number of anilines is 1. The Kier molecular flexibility index (Phi) is 10.0. The number of unbranched alkanes of at least 4 members (excludes halogenated alkanes) is 2. The first kappa shape index (κ1) is 25.8. The van der Waals surface area contributed by atoms with Crippen LogP contribution < -0.4 is 10.5 Å². The average molecular weight is 465 g/mol. The third-order valence-corrected chi connectivity index (χ3v) is 6.15. The molecule has 0 radical (unpaired) electrons. The molecule has 2 N–H and O–H groups in total. The van der Waals surface area contributed by atoms with Crippen LogP contribution in [0.2, 0.25) is 0 Å². The molecule has 0 atom stereocenters. The summed E-state index contributed by atoms with van der Waals surface area (Å²) in [4.78, 5) is 16.0. The Morgan fingerprint density at radius 2 is 1.59 bits per heavy atom. The molecule has 0 saturated carbocycles. The number of carbonyl (C=O) groups excluding carboxylic acids is 1. The third-order valence-electron chi connectivity index (χ3n) is 6.15. The standard InChI is InChI=1S/C29H40N2O3/c1-4-7-17-31(18-8-5-2)19-9-20-33-24-14-11-22(12-15-24)29(32)28-25-21-23(30)13-16-26(25)34-27(28)10-6-3/h11-16,21H,4-10,17-20,30H2,1-3H3. The van der Waals surface area contributed by atoms with Crippen LogP contribution in [-0.4, -0.2) is 36.9 Å². The van der Waals surface area contributed by atoms with Gasteiger partial charge in [-0.2, -0.15) is 0 Å². The van der Waals surface area contributed by atoms with E-state index in [0.29, 0.717) is 35.4 Å². The van der Waals surface area contributed by atoms with Crippen LogP contribution in [0.4, 0.5) is 5.69 Å². The number of nitrogens with zero attached hydrogens (tertiary/aromatic N) is 1. The zero-order chi connectivity index (χ0) is 24.3. The smallest absolute Gasteiger partial charge is 0.197 e. The van der Waals surface area contributed by atoms with E-state index in [1.807, 2.05) is 36.4 Å². The Labute approximate surface area is 204 Å². The predicted octanol–water partition coefficient (Wildman–Crippen LogP) is 6.87. The van der Waals surface area contributed by atoms with Gasteiger partial charge in [-0.25, -0.2) is 0 Å². The lowest BCUT2D eigenvalue weighted by atomic mass is 9.98. The molecule has 3 aromatic rings. The van der Waals surface area contributed by atoms with Gasteiger partial charge in [-0.3, -0.25) is 4.79 Å². The lowest BCUT2D eigenvalue weighted by Gasteiger charge is -2.21. The maximum Gasteiger partial charge on any atom is 0.197 e. The Hall–Kier alpha value is -2.79. The molecule has 5 heteroatoms.